The molecule has 1 unspecified atom stereocenters. The van der Waals surface area contributed by atoms with Crippen LogP contribution in [0.3, 0.4) is 0 Å². The topological polar surface area (TPSA) is 38.3 Å². The molecule has 1 aliphatic heterocycles. The van der Waals surface area contributed by atoms with Crippen LogP contribution in [0.15, 0.2) is 0 Å². The summed E-state index contributed by atoms with van der Waals surface area (Å²) in [5.41, 5.74) is 0.0384. The highest BCUT2D eigenvalue weighted by molar-refractivity contribution is 5.78. The molecule has 1 N–H and O–H groups in total. The number of nitrogens with one attached hydrogen (secondary N) is 1. The number of rotatable bonds is 5. The second kappa shape index (κ2) is 4.52. The molecule has 3 rings (SSSR count). The molecule has 3 aliphatic rings. The van der Waals surface area contributed by atoms with Crippen molar-refractivity contribution in [3.63, 3.8) is 0 Å². The Labute approximate surface area is 110 Å². The highest BCUT2D eigenvalue weighted by Crippen LogP contribution is 2.58. The van der Waals surface area contributed by atoms with Gasteiger partial charge in [0, 0.05) is 11.5 Å². The largest absolute Gasteiger partial charge is 0.462 e. The minimum Gasteiger partial charge on any atom is -0.462 e. The smallest absolute Gasteiger partial charge is 0.311 e. The summed E-state index contributed by atoms with van der Waals surface area (Å²) >= 11 is 0. The van der Waals surface area contributed by atoms with Crippen LogP contribution in [-0.2, 0) is 9.53 Å². The van der Waals surface area contributed by atoms with Crippen molar-refractivity contribution in [1.29, 1.82) is 0 Å². The van der Waals surface area contributed by atoms with Gasteiger partial charge in [-0.1, -0.05) is 26.2 Å². The van der Waals surface area contributed by atoms with E-state index in [1.54, 1.807) is 0 Å². The first kappa shape index (κ1) is 12.5. The van der Waals surface area contributed by atoms with E-state index >= 15 is 0 Å². The number of ether oxygens (including phenoxy) is 1. The van der Waals surface area contributed by atoms with Crippen molar-refractivity contribution in [1.82, 2.24) is 5.32 Å². The van der Waals surface area contributed by atoms with E-state index in [4.69, 9.17) is 4.74 Å². The van der Waals surface area contributed by atoms with Crippen molar-refractivity contribution < 1.29 is 9.53 Å². The summed E-state index contributed by atoms with van der Waals surface area (Å²) in [4.78, 5) is 12.2. The molecule has 0 spiro atoms. The first-order chi connectivity index (χ1) is 8.72. The molecule has 0 bridgehead atoms. The Kier molecular flexibility index (Phi) is 3.13. The number of carbonyl (C=O) groups excluding carboxylic acids is 1. The van der Waals surface area contributed by atoms with Crippen molar-refractivity contribution in [2.24, 2.45) is 17.8 Å². The maximum Gasteiger partial charge on any atom is 0.311 e. The predicted octanol–water partition coefficient (Wildman–Crippen LogP) is 2.50. The van der Waals surface area contributed by atoms with Crippen LogP contribution >= 0.6 is 0 Å². The predicted molar refractivity (Wildman–Crippen MR) is 70.1 cm³/mol. The molecule has 0 aromatic carbocycles. The lowest BCUT2D eigenvalue weighted by Gasteiger charge is -2.33. The number of carbonyl (C=O) groups is 1. The van der Waals surface area contributed by atoms with Gasteiger partial charge in [0.2, 0.25) is 0 Å². The highest BCUT2D eigenvalue weighted by atomic mass is 16.6. The van der Waals surface area contributed by atoms with Crippen LogP contribution in [0.1, 0.15) is 51.9 Å². The molecule has 0 radical (unpaired) electrons. The standard InChI is InChI=1S/C15H25NO2/c1-3-4-5-8-15(16-2)9-10-6-7-11-12(10)13(15)14(17)18-11/h10-13,16H,3-9H2,1-2H3/t10-,11-,12+,13+,15?/m1/s1. The molecular formula is C15H25NO2. The fourth-order valence-electron chi connectivity index (χ4n) is 4.83. The first-order valence-corrected chi connectivity index (χ1v) is 7.61. The molecule has 2 aliphatic carbocycles. The van der Waals surface area contributed by atoms with E-state index in [2.05, 4.69) is 12.2 Å². The minimum atomic E-state index is 0.0384. The lowest BCUT2D eigenvalue weighted by molar-refractivity contribution is -0.146. The number of hydrogen-bond donors (Lipinski definition) is 1. The van der Waals surface area contributed by atoms with E-state index in [0.717, 1.165) is 18.8 Å². The van der Waals surface area contributed by atoms with Crippen molar-refractivity contribution in [2.75, 3.05) is 7.05 Å². The fraction of sp³-hybridized carbons (Fsp3) is 0.933. The summed E-state index contributed by atoms with van der Waals surface area (Å²) < 4.78 is 5.60. The van der Waals surface area contributed by atoms with Gasteiger partial charge in [-0.25, -0.2) is 0 Å². The lowest BCUT2D eigenvalue weighted by atomic mass is 9.79. The molecule has 1 saturated heterocycles. The molecule has 5 atom stereocenters. The van der Waals surface area contributed by atoms with Gasteiger partial charge in [0.25, 0.3) is 0 Å². The summed E-state index contributed by atoms with van der Waals surface area (Å²) in [5.74, 6) is 1.46. The highest BCUT2D eigenvalue weighted by Gasteiger charge is 2.64. The van der Waals surface area contributed by atoms with Gasteiger partial charge >= 0.3 is 5.97 Å². The molecule has 0 amide bonds. The molecule has 3 heteroatoms. The lowest BCUT2D eigenvalue weighted by Crippen LogP contribution is -2.49. The summed E-state index contributed by atoms with van der Waals surface area (Å²) in [7, 11) is 2.04. The van der Waals surface area contributed by atoms with E-state index in [-0.39, 0.29) is 23.5 Å². The summed E-state index contributed by atoms with van der Waals surface area (Å²) in [5, 5.41) is 3.52. The van der Waals surface area contributed by atoms with Gasteiger partial charge in [0.15, 0.2) is 0 Å². The first-order valence-electron chi connectivity index (χ1n) is 7.61. The zero-order valence-electron chi connectivity index (χ0n) is 11.6. The summed E-state index contributed by atoms with van der Waals surface area (Å²) in [6, 6.07) is 0. The van der Waals surface area contributed by atoms with Crippen molar-refractivity contribution in [2.45, 2.75) is 63.5 Å². The van der Waals surface area contributed by atoms with E-state index < -0.39 is 0 Å². The quantitative estimate of drug-likeness (QED) is 0.602. The summed E-state index contributed by atoms with van der Waals surface area (Å²) in [6.45, 7) is 2.23. The van der Waals surface area contributed by atoms with Crippen molar-refractivity contribution in [3.05, 3.63) is 0 Å². The zero-order chi connectivity index (χ0) is 12.8. The molecule has 0 aromatic rings. The Morgan fingerprint density at radius 3 is 2.94 bits per heavy atom. The molecule has 0 aromatic heterocycles. The van der Waals surface area contributed by atoms with Crippen LogP contribution in [0.5, 0.6) is 0 Å². The van der Waals surface area contributed by atoms with E-state index in [0.29, 0.717) is 5.92 Å². The van der Waals surface area contributed by atoms with E-state index in [9.17, 15) is 4.79 Å². The van der Waals surface area contributed by atoms with Gasteiger partial charge in [-0.2, -0.15) is 0 Å². The summed E-state index contributed by atoms with van der Waals surface area (Å²) in [6.07, 6.45) is 8.67. The monoisotopic (exact) mass is 251 g/mol. The average Bonchev–Trinajstić information content (AvgIpc) is 2.97. The van der Waals surface area contributed by atoms with Gasteiger partial charge in [0.05, 0.1) is 5.92 Å². The van der Waals surface area contributed by atoms with Crippen LogP contribution in [0.25, 0.3) is 0 Å². The fourth-order valence-corrected chi connectivity index (χ4v) is 4.83. The van der Waals surface area contributed by atoms with Crippen LogP contribution in [0.2, 0.25) is 0 Å². The zero-order valence-corrected chi connectivity index (χ0v) is 11.6. The molecule has 2 saturated carbocycles. The van der Waals surface area contributed by atoms with Gasteiger partial charge in [-0.15, -0.1) is 0 Å². The molecule has 102 valence electrons. The molecule has 3 nitrogen and oxygen atoms in total. The second-order valence-electron chi connectivity index (χ2n) is 6.44. The molecular weight excluding hydrogens is 226 g/mol. The third-order valence-corrected chi connectivity index (χ3v) is 5.65. The van der Waals surface area contributed by atoms with E-state index in [1.165, 1.54) is 32.1 Å². The normalized spacial score (nSPS) is 45.3. The third kappa shape index (κ3) is 1.63. The molecule has 18 heavy (non-hydrogen) atoms. The van der Waals surface area contributed by atoms with Crippen LogP contribution in [-0.4, -0.2) is 24.7 Å². The van der Waals surface area contributed by atoms with E-state index in [1.807, 2.05) is 7.05 Å². The van der Waals surface area contributed by atoms with Gasteiger partial charge < -0.3 is 10.1 Å². The maximum atomic E-state index is 12.2. The maximum absolute atomic E-state index is 12.2. The van der Waals surface area contributed by atoms with Gasteiger partial charge in [-0.05, 0) is 38.6 Å². The Morgan fingerprint density at radius 2 is 2.22 bits per heavy atom. The number of unbranched alkanes of at least 4 members (excludes halogenated alkanes) is 2. The third-order valence-electron chi connectivity index (χ3n) is 5.65. The Bertz CT molecular complexity index is 343. The molecule has 1 heterocycles. The Hall–Kier alpha value is -0.570. The Morgan fingerprint density at radius 1 is 1.39 bits per heavy atom. The van der Waals surface area contributed by atoms with Gasteiger partial charge in [0.1, 0.15) is 6.10 Å². The van der Waals surface area contributed by atoms with Crippen LogP contribution < -0.4 is 5.32 Å². The second-order valence-corrected chi connectivity index (χ2v) is 6.44. The average molecular weight is 251 g/mol. The Balaban J connectivity index is 1.80. The van der Waals surface area contributed by atoms with Crippen LogP contribution in [0, 0.1) is 17.8 Å². The van der Waals surface area contributed by atoms with Crippen molar-refractivity contribution >= 4 is 5.97 Å². The van der Waals surface area contributed by atoms with Gasteiger partial charge in [-0.3, -0.25) is 4.79 Å². The van der Waals surface area contributed by atoms with Crippen LogP contribution in [0.4, 0.5) is 0 Å². The molecule has 3 fully saturated rings. The minimum absolute atomic E-state index is 0.0384. The number of hydrogen-bond acceptors (Lipinski definition) is 3. The number of esters is 1. The SMILES string of the molecule is CCCCCC1(NC)C[C@H]2CC[C@H]3OC(=O)[C@@H]1[C@@H]23. The van der Waals surface area contributed by atoms with Crippen molar-refractivity contribution in [3.8, 4) is 0 Å².